The Morgan fingerprint density at radius 2 is 0.838 bits per heavy atom. The number of aromatic nitrogens is 2. The minimum Gasteiger partial charge on any atom is -0.234 e. The van der Waals surface area contributed by atoms with Gasteiger partial charge in [-0.25, -0.2) is 9.13 Å². The third kappa shape index (κ3) is 19.9. The molecule has 0 aromatic carbocycles. The molecule has 0 aliphatic rings. The average Bonchev–Trinajstić information content (AvgIpc) is 3.29. The Morgan fingerprint density at radius 3 is 1.27 bits per heavy atom. The van der Waals surface area contributed by atoms with Gasteiger partial charge in [-0.3, -0.25) is 0 Å². The Bertz CT molecular complexity index is 576. The molecule has 0 unspecified atom stereocenters. The van der Waals surface area contributed by atoms with E-state index in [2.05, 4.69) is 42.3 Å². The van der Waals surface area contributed by atoms with E-state index in [0.717, 1.165) is 0 Å². The van der Waals surface area contributed by atoms with Gasteiger partial charge in [-0.1, -0.05) is 156 Å². The van der Waals surface area contributed by atoms with Gasteiger partial charge >= 0.3 is 0 Å². The molecule has 218 valence electrons. The van der Waals surface area contributed by atoms with Gasteiger partial charge in [0.25, 0.3) is 5.82 Å². The van der Waals surface area contributed by atoms with E-state index in [4.69, 9.17) is 0 Å². The van der Waals surface area contributed by atoms with Crippen molar-refractivity contribution >= 4 is 0 Å². The fraction of sp³-hybridized carbons (Fsp3) is 0.914. The fourth-order valence-corrected chi connectivity index (χ4v) is 5.77. The van der Waals surface area contributed by atoms with Crippen molar-refractivity contribution in [3.05, 3.63) is 18.2 Å². The van der Waals surface area contributed by atoms with Gasteiger partial charge in [0.2, 0.25) is 0 Å². The Balaban J connectivity index is 2.04. The van der Waals surface area contributed by atoms with Gasteiger partial charge in [-0.05, 0) is 32.1 Å². The number of hydrogen-bond donors (Lipinski definition) is 0. The summed E-state index contributed by atoms with van der Waals surface area (Å²) in [6.45, 7) is 9.38. The Labute approximate surface area is 234 Å². The SMILES string of the molecule is CCCCCCCCCCCCCCCCCCCn1cc[n+](CCCCCCCCC)c1CCCC. The number of hydrogen-bond acceptors (Lipinski definition) is 0. The second-order valence-corrected chi connectivity index (χ2v) is 12.0. The van der Waals surface area contributed by atoms with E-state index in [9.17, 15) is 0 Å². The van der Waals surface area contributed by atoms with E-state index in [1.807, 2.05) is 0 Å². The minimum absolute atomic E-state index is 1.22. The summed E-state index contributed by atoms with van der Waals surface area (Å²) in [6.07, 6.45) is 43.0. The minimum atomic E-state index is 1.22. The molecule has 0 spiro atoms. The van der Waals surface area contributed by atoms with Crippen molar-refractivity contribution < 1.29 is 4.57 Å². The molecule has 1 rings (SSSR count). The molecule has 1 heterocycles. The lowest BCUT2D eigenvalue weighted by molar-refractivity contribution is -0.704. The first-order chi connectivity index (χ1) is 18.3. The predicted molar refractivity (Wildman–Crippen MR) is 165 cm³/mol. The summed E-state index contributed by atoms with van der Waals surface area (Å²) in [5.41, 5.74) is 0. The Hall–Kier alpha value is -0.790. The quantitative estimate of drug-likeness (QED) is 0.0737. The maximum absolute atomic E-state index is 2.59. The lowest BCUT2D eigenvalue weighted by Crippen LogP contribution is -2.37. The van der Waals surface area contributed by atoms with Crippen LogP contribution in [0.15, 0.2) is 12.4 Å². The highest BCUT2D eigenvalue weighted by atomic mass is 15.1. The molecule has 2 heteroatoms. The van der Waals surface area contributed by atoms with Crippen molar-refractivity contribution in [3.63, 3.8) is 0 Å². The standard InChI is InChI=1S/C35H69N2/c1-4-7-10-12-14-15-16-17-18-19-20-21-22-23-25-27-29-32-37-34-33-36(35(37)30-9-6-3)31-28-26-24-13-11-8-5-2/h33-34H,4-32H2,1-3H3/q+1. The molecule has 0 N–H and O–H groups in total. The number of rotatable bonds is 29. The van der Waals surface area contributed by atoms with Crippen LogP contribution in [0.2, 0.25) is 0 Å². The van der Waals surface area contributed by atoms with Crippen molar-refractivity contribution in [3.8, 4) is 0 Å². The van der Waals surface area contributed by atoms with Crippen LogP contribution in [-0.4, -0.2) is 4.57 Å². The van der Waals surface area contributed by atoms with E-state index in [0.29, 0.717) is 0 Å². The van der Waals surface area contributed by atoms with E-state index in [-0.39, 0.29) is 0 Å². The van der Waals surface area contributed by atoms with Crippen LogP contribution in [0.3, 0.4) is 0 Å². The topological polar surface area (TPSA) is 8.81 Å². The number of unbranched alkanes of at least 4 members (excludes halogenated alkanes) is 23. The van der Waals surface area contributed by atoms with Gasteiger partial charge in [0.1, 0.15) is 12.4 Å². The summed E-state index contributed by atoms with van der Waals surface area (Å²) < 4.78 is 5.16. The highest BCUT2D eigenvalue weighted by Crippen LogP contribution is 2.15. The average molecular weight is 518 g/mol. The summed E-state index contributed by atoms with van der Waals surface area (Å²) >= 11 is 0. The number of nitrogens with zero attached hydrogens (tertiary/aromatic N) is 2. The van der Waals surface area contributed by atoms with Crippen LogP contribution in [0.5, 0.6) is 0 Å². The second kappa shape index (κ2) is 26.8. The van der Waals surface area contributed by atoms with Crippen LogP contribution in [0, 0.1) is 0 Å². The second-order valence-electron chi connectivity index (χ2n) is 12.0. The van der Waals surface area contributed by atoms with E-state index < -0.39 is 0 Å². The van der Waals surface area contributed by atoms with Crippen molar-refractivity contribution in [2.24, 2.45) is 0 Å². The summed E-state index contributed by atoms with van der Waals surface area (Å²) in [7, 11) is 0. The van der Waals surface area contributed by atoms with Crippen molar-refractivity contribution in [2.75, 3.05) is 0 Å². The largest absolute Gasteiger partial charge is 0.256 e. The van der Waals surface area contributed by atoms with Crippen LogP contribution in [0.4, 0.5) is 0 Å². The predicted octanol–water partition coefficient (Wildman–Crippen LogP) is 11.5. The van der Waals surface area contributed by atoms with E-state index in [1.165, 1.54) is 186 Å². The van der Waals surface area contributed by atoms with Gasteiger partial charge < -0.3 is 0 Å². The van der Waals surface area contributed by atoms with Gasteiger partial charge in [0.15, 0.2) is 0 Å². The van der Waals surface area contributed by atoms with Crippen LogP contribution < -0.4 is 4.57 Å². The normalized spacial score (nSPS) is 11.5. The molecule has 2 nitrogen and oxygen atoms in total. The van der Waals surface area contributed by atoms with Gasteiger partial charge in [-0.15, -0.1) is 0 Å². The van der Waals surface area contributed by atoms with Gasteiger partial charge in [0, 0.05) is 6.42 Å². The molecule has 1 aromatic rings. The zero-order valence-electron chi connectivity index (χ0n) is 26.1. The monoisotopic (exact) mass is 518 g/mol. The summed E-state index contributed by atoms with van der Waals surface area (Å²) in [5.74, 6) is 1.59. The molecule has 0 amide bonds. The third-order valence-electron chi connectivity index (χ3n) is 8.35. The van der Waals surface area contributed by atoms with Crippen molar-refractivity contribution in [2.45, 2.75) is 207 Å². The van der Waals surface area contributed by atoms with E-state index in [1.54, 1.807) is 5.82 Å². The first-order valence-corrected chi connectivity index (χ1v) is 17.4. The lowest BCUT2D eigenvalue weighted by Gasteiger charge is -2.06. The zero-order valence-corrected chi connectivity index (χ0v) is 26.1. The molecule has 0 radical (unpaired) electrons. The third-order valence-corrected chi connectivity index (χ3v) is 8.35. The van der Waals surface area contributed by atoms with Crippen LogP contribution in [0.1, 0.15) is 194 Å². The first kappa shape index (κ1) is 34.2. The van der Waals surface area contributed by atoms with E-state index >= 15 is 0 Å². The maximum Gasteiger partial charge on any atom is 0.256 e. The molecule has 1 aromatic heterocycles. The molecule has 37 heavy (non-hydrogen) atoms. The van der Waals surface area contributed by atoms with Crippen molar-refractivity contribution in [1.29, 1.82) is 0 Å². The summed E-state index contributed by atoms with van der Waals surface area (Å²) in [6, 6.07) is 0. The molecular formula is C35H69N2+. The fourth-order valence-electron chi connectivity index (χ4n) is 5.77. The first-order valence-electron chi connectivity index (χ1n) is 17.4. The highest BCUT2D eigenvalue weighted by Gasteiger charge is 2.16. The summed E-state index contributed by atoms with van der Waals surface area (Å²) in [4.78, 5) is 0. The number of aryl methyl sites for hydroxylation is 2. The van der Waals surface area contributed by atoms with Crippen LogP contribution >= 0.6 is 0 Å². The number of imidazole rings is 1. The summed E-state index contributed by atoms with van der Waals surface area (Å²) in [5, 5.41) is 0. The maximum atomic E-state index is 2.59. The molecule has 0 aliphatic carbocycles. The highest BCUT2D eigenvalue weighted by molar-refractivity contribution is 4.84. The Morgan fingerprint density at radius 1 is 0.459 bits per heavy atom. The molecule has 0 fully saturated rings. The molecule has 0 saturated heterocycles. The molecule has 0 aliphatic heterocycles. The van der Waals surface area contributed by atoms with Gasteiger partial charge in [0.05, 0.1) is 13.1 Å². The molecule has 0 atom stereocenters. The molecular weight excluding hydrogens is 448 g/mol. The zero-order chi connectivity index (χ0) is 26.7. The van der Waals surface area contributed by atoms with Crippen LogP contribution in [0.25, 0.3) is 0 Å². The van der Waals surface area contributed by atoms with Crippen LogP contribution in [-0.2, 0) is 19.5 Å². The smallest absolute Gasteiger partial charge is 0.234 e. The Kier molecular flexibility index (Phi) is 24.8. The van der Waals surface area contributed by atoms with Crippen molar-refractivity contribution in [1.82, 2.24) is 4.57 Å². The van der Waals surface area contributed by atoms with Gasteiger partial charge in [-0.2, -0.15) is 0 Å². The molecule has 0 saturated carbocycles. The molecule has 0 bridgehead atoms. The lowest BCUT2D eigenvalue weighted by atomic mass is 10.0.